The largest absolute Gasteiger partial charge is 0.383 e. The molecule has 0 saturated carbocycles. The zero-order valence-corrected chi connectivity index (χ0v) is 21.4. The lowest BCUT2D eigenvalue weighted by molar-refractivity contribution is -0.135. The molecule has 3 aromatic rings. The van der Waals surface area contributed by atoms with Crippen LogP contribution >= 0.6 is 0 Å². The molecule has 7 nitrogen and oxygen atoms in total. The van der Waals surface area contributed by atoms with E-state index in [1.54, 1.807) is 36.4 Å². The summed E-state index contributed by atoms with van der Waals surface area (Å²) >= 11 is 0. The lowest BCUT2D eigenvalue weighted by Gasteiger charge is -2.28. The number of carbonyl (C=O) groups excluding carboxylic acids is 3. The fraction of sp³-hybridized carbons (Fsp3) is 0.300. The number of aliphatic hydroxyl groups excluding tert-OH is 1. The summed E-state index contributed by atoms with van der Waals surface area (Å²) in [5, 5.41) is 18.6. The monoisotopic (exact) mass is 517 g/mol. The lowest BCUT2D eigenvalue weighted by atomic mass is 9.86. The van der Waals surface area contributed by atoms with Crippen molar-refractivity contribution in [3.63, 3.8) is 0 Å². The Morgan fingerprint density at radius 2 is 1.66 bits per heavy atom. The minimum absolute atomic E-state index is 0.0764. The highest BCUT2D eigenvalue weighted by Gasteiger charge is 2.37. The van der Waals surface area contributed by atoms with Crippen molar-refractivity contribution in [3.05, 3.63) is 101 Å². The Bertz CT molecular complexity index is 1280. The van der Waals surface area contributed by atoms with Gasteiger partial charge in [-0.2, -0.15) is 0 Å². The topological polar surface area (TPSA) is 108 Å². The fourth-order valence-corrected chi connectivity index (χ4v) is 4.74. The average molecular weight is 518 g/mol. The van der Waals surface area contributed by atoms with Crippen LogP contribution < -0.4 is 16.0 Å². The molecule has 4 N–H and O–H groups in total. The summed E-state index contributed by atoms with van der Waals surface area (Å²) in [5.41, 5.74) is 2.44. The van der Waals surface area contributed by atoms with Crippen LogP contribution in [-0.2, 0) is 20.8 Å². The molecule has 0 radical (unpaired) electrons. The Balaban J connectivity index is 1.65. The predicted octanol–water partition coefficient (Wildman–Crippen LogP) is 3.85. The van der Waals surface area contributed by atoms with E-state index in [0.717, 1.165) is 11.1 Å². The van der Waals surface area contributed by atoms with E-state index in [1.807, 2.05) is 44.2 Å². The maximum Gasteiger partial charge on any atom is 0.249 e. The molecule has 0 saturated heterocycles. The van der Waals surface area contributed by atoms with E-state index in [0.29, 0.717) is 17.7 Å². The second-order valence-electron chi connectivity index (χ2n) is 10.00. The zero-order chi connectivity index (χ0) is 27.2. The van der Waals surface area contributed by atoms with Gasteiger partial charge in [-0.25, -0.2) is 4.39 Å². The average Bonchev–Trinajstić information content (AvgIpc) is 3.03. The summed E-state index contributed by atoms with van der Waals surface area (Å²) < 4.78 is 14.0. The van der Waals surface area contributed by atoms with Crippen LogP contribution in [0.1, 0.15) is 48.9 Å². The molecule has 4 atom stereocenters. The van der Waals surface area contributed by atoms with Gasteiger partial charge in [-0.1, -0.05) is 80.6 Å². The first-order valence-electron chi connectivity index (χ1n) is 12.7. The fourth-order valence-electron chi connectivity index (χ4n) is 4.74. The van der Waals surface area contributed by atoms with Gasteiger partial charge in [0.2, 0.25) is 17.7 Å². The van der Waals surface area contributed by atoms with Crippen LogP contribution in [0.15, 0.2) is 78.9 Å². The van der Waals surface area contributed by atoms with Gasteiger partial charge in [0.15, 0.2) is 0 Å². The smallest absolute Gasteiger partial charge is 0.249 e. The molecule has 0 aromatic heterocycles. The number of hydrogen-bond acceptors (Lipinski definition) is 4. The summed E-state index contributed by atoms with van der Waals surface area (Å²) in [6.45, 7) is 3.77. The normalized spacial score (nSPS) is 18.5. The van der Waals surface area contributed by atoms with Gasteiger partial charge in [0.1, 0.15) is 24.0 Å². The van der Waals surface area contributed by atoms with E-state index >= 15 is 0 Å². The molecule has 198 valence electrons. The number of aliphatic hydroxyl groups is 1. The molecule has 0 aliphatic carbocycles. The highest BCUT2D eigenvalue weighted by Crippen LogP contribution is 2.33. The Hall–Kier alpha value is -4.04. The van der Waals surface area contributed by atoms with Crippen LogP contribution in [0.5, 0.6) is 0 Å². The first-order valence-corrected chi connectivity index (χ1v) is 12.7. The third-order valence-electron chi connectivity index (χ3n) is 6.66. The van der Waals surface area contributed by atoms with Crippen LogP contribution in [0.4, 0.5) is 10.1 Å². The summed E-state index contributed by atoms with van der Waals surface area (Å²) in [6.07, 6.45) is -0.666. The summed E-state index contributed by atoms with van der Waals surface area (Å²) in [7, 11) is 0. The van der Waals surface area contributed by atoms with E-state index in [4.69, 9.17) is 0 Å². The molecule has 3 amide bonds. The molecule has 0 fully saturated rings. The Kier molecular flexibility index (Phi) is 8.53. The SMILES string of the molecule is CC(C)C[C@H](O)C(=O)N[C@H](C(=O)N[C@@H]1C(=O)Nc2cc(F)ccc2C[C@@H]1c1ccccc1)c1ccccc1. The predicted molar refractivity (Wildman–Crippen MR) is 143 cm³/mol. The first kappa shape index (κ1) is 27.0. The van der Waals surface area contributed by atoms with Gasteiger partial charge in [0.25, 0.3) is 0 Å². The summed E-state index contributed by atoms with van der Waals surface area (Å²) in [5.74, 6) is -2.61. The number of rotatable bonds is 8. The number of fused-ring (bicyclic) bond motifs is 1. The maximum absolute atomic E-state index is 14.0. The first-order chi connectivity index (χ1) is 18.2. The number of benzene rings is 3. The number of anilines is 1. The third-order valence-corrected chi connectivity index (χ3v) is 6.66. The Morgan fingerprint density at radius 1 is 1.00 bits per heavy atom. The summed E-state index contributed by atoms with van der Waals surface area (Å²) in [4.78, 5) is 39.9. The number of halogens is 1. The van der Waals surface area contributed by atoms with Crippen molar-refractivity contribution in [1.82, 2.24) is 10.6 Å². The van der Waals surface area contributed by atoms with E-state index in [9.17, 15) is 23.9 Å². The molecule has 1 aliphatic heterocycles. The number of hydrogen-bond donors (Lipinski definition) is 4. The molecule has 8 heteroatoms. The summed E-state index contributed by atoms with van der Waals surface area (Å²) in [6, 6.07) is 20.1. The van der Waals surface area contributed by atoms with Gasteiger partial charge in [-0.05, 0) is 47.6 Å². The quantitative estimate of drug-likeness (QED) is 0.364. The minimum atomic E-state index is -1.28. The lowest BCUT2D eigenvalue weighted by Crippen LogP contribution is -2.52. The number of amides is 3. The zero-order valence-electron chi connectivity index (χ0n) is 21.4. The maximum atomic E-state index is 14.0. The van der Waals surface area contributed by atoms with Gasteiger partial charge in [-0.15, -0.1) is 0 Å². The van der Waals surface area contributed by atoms with Crippen molar-refractivity contribution in [2.45, 2.75) is 50.8 Å². The molecule has 0 spiro atoms. The third kappa shape index (κ3) is 6.44. The van der Waals surface area contributed by atoms with Crippen molar-refractivity contribution in [3.8, 4) is 0 Å². The van der Waals surface area contributed by atoms with Gasteiger partial charge < -0.3 is 21.1 Å². The van der Waals surface area contributed by atoms with Crippen LogP contribution in [0.25, 0.3) is 0 Å². The van der Waals surface area contributed by atoms with E-state index in [-0.39, 0.29) is 12.3 Å². The molecule has 1 heterocycles. The van der Waals surface area contributed by atoms with Gasteiger partial charge in [0, 0.05) is 11.6 Å². The highest BCUT2D eigenvalue weighted by molar-refractivity contribution is 6.00. The van der Waals surface area contributed by atoms with Crippen LogP contribution in [-0.4, -0.2) is 35.0 Å². The molecule has 3 aromatic carbocycles. The van der Waals surface area contributed by atoms with Crippen molar-refractivity contribution >= 4 is 23.4 Å². The van der Waals surface area contributed by atoms with Crippen molar-refractivity contribution in [1.29, 1.82) is 0 Å². The van der Waals surface area contributed by atoms with Gasteiger partial charge in [0.05, 0.1) is 0 Å². The second kappa shape index (κ2) is 12.0. The van der Waals surface area contributed by atoms with Crippen LogP contribution in [0, 0.1) is 11.7 Å². The number of carbonyl (C=O) groups is 3. The highest BCUT2D eigenvalue weighted by atomic mass is 19.1. The molecule has 0 bridgehead atoms. The molecule has 0 unspecified atom stereocenters. The van der Waals surface area contributed by atoms with E-state index in [2.05, 4.69) is 16.0 Å². The van der Waals surface area contributed by atoms with Crippen molar-refractivity contribution < 1.29 is 23.9 Å². The Labute approximate surface area is 221 Å². The Morgan fingerprint density at radius 3 is 2.32 bits per heavy atom. The van der Waals surface area contributed by atoms with Crippen LogP contribution in [0.2, 0.25) is 0 Å². The molecule has 4 rings (SSSR count). The van der Waals surface area contributed by atoms with Crippen LogP contribution in [0.3, 0.4) is 0 Å². The molecule has 1 aliphatic rings. The molecular formula is C30H32FN3O4. The van der Waals surface area contributed by atoms with Gasteiger partial charge >= 0.3 is 0 Å². The molecular weight excluding hydrogens is 485 g/mol. The molecule has 38 heavy (non-hydrogen) atoms. The standard InChI is InChI=1S/C30H32FN3O4/c1-18(2)15-25(35)28(36)33-26(20-11-7-4-8-12-20)29(37)34-27-23(19-9-5-3-6-10-19)16-21-13-14-22(31)17-24(21)32-30(27)38/h3-14,17-18,23,25-27,35H,15-16H2,1-2H3,(H,32,38)(H,33,36)(H,34,37)/t23-,25+,26+,27+/m1/s1. The minimum Gasteiger partial charge on any atom is -0.383 e. The number of nitrogens with one attached hydrogen (secondary N) is 3. The van der Waals surface area contributed by atoms with Crippen molar-refractivity contribution in [2.24, 2.45) is 5.92 Å². The van der Waals surface area contributed by atoms with E-state index in [1.165, 1.54) is 12.1 Å². The van der Waals surface area contributed by atoms with E-state index < -0.39 is 47.6 Å². The second-order valence-corrected chi connectivity index (χ2v) is 10.00. The van der Waals surface area contributed by atoms with Crippen molar-refractivity contribution in [2.75, 3.05) is 5.32 Å². The van der Waals surface area contributed by atoms with Gasteiger partial charge in [-0.3, -0.25) is 14.4 Å².